The Hall–Kier alpha value is -2.28. The highest BCUT2D eigenvalue weighted by Gasteiger charge is 2.31. The van der Waals surface area contributed by atoms with Crippen molar-refractivity contribution in [1.82, 2.24) is 15.1 Å². The zero-order chi connectivity index (χ0) is 17.5. The number of benzene rings is 1. The molecule has 1 fully saturated rings. The van der Waals surface area contributed by atoms with Crippen molar-refractivity contribution in [2.45, 2.75) is 18.9 Å². The van der Waals surface area contributed by atoms with Gasteiger partial charge < -0.3 is 19.9 Å². The standard InChI is InChI=1S/C17H22FN3O3/c1-20(16(23)13-4-6-14(18)7-5-13)15(3-2-12-22)17(24)21-10-8-19-9-11-21/h4-7,12,15,19H,2-3,8-11H2,1H3/t15-/m0/s1. The van der Waals surface area contributed by atoms with E-state index in [0.717, 1.165) is 6.29 Å². The van der Waals surface area contributed by atoms with E-state index in [1.54, 1.807) is 11.9 Å². The highest BCUT2D eigenvalue weighted by Crippen LogP contribution is 2.14. The first kappa shape index (κ1) is 18.1. The summed E-state index contributed by atoms with van der Waals surface area (Å²) in [5.74, 6) is -0.950. The van der Waals surface area contributed by atoms with Gasteiger partial charge in [0.1, 0.15) is 18.1 Å². The number of hydrogen-bond donors (Lipinski definition) is 1. The van der Waals surface area contributed by atoms with Crippen molar-refractivity contribution in [1.29, 1.82) is 0 Å². The molecular formula is C17H22FN3O3. The molecule has 1 heterocycles. The van der Waals surface area contributed by atoms with Crippen LogP contribution in [-0.2, 0) is 9.59 Å². The first-order valence-electron chi connectivity index (χ1n) is 8.00. The van der Waals surface area contributed by atoms with Crippen molar-refractivity contribution in [3.05, 3.63) is 35.6 Å². The second-order valence-electron chi connectivity index (χ2n) is 5.76. The zero-order valence-corrected chi connectivity index (χ0v) is 13.7. The molecule has 0 unspecified atom stereocenters. The van der Waals surface area contributed by atoms with Gasteiger partial charge in [-0.1, -0.05) is 0 Å². The summed E-state index contributed by atoms with van der Waals surface area (Å²) >= 11 is 0. The van der Waals surface area contributed by atoms with Crippen LogP contribution in [0.5, 0.6) is 0 Å². The van der Waals surface area contributed by atoms with Crippen LogP contribution in [0.15, 0.2) is 24.3 Å². The van der Waals surface area contributed by atoms with Crippen LogP contribution in [0.2, 0.25) is 0 Å². The van der Waals surface area contributed by atoms with Gasteiger partial charge in [0.05, 0.1) is 0 Å². The van der Waals surface area contributed by atoms with Crippen LogP contribution in [0, 0.1) is 5.82 Å². The van der Waals surface area contributed by atoms with E-state index < -0.39 is 11.9 Å². The molecule has 2 amide bonds. The van der Waals surface area contributed by atoms with Crippen LogP contribution < -0.4 is 5.32 Å². The van der Waals surface area contributed by atoms with E-state index >= 15 is 0 Å². The molecule has 0 saturated carbocycles. The van der Waals surface area contributed by atoms with Gasteiger partial charge in [-0.05, 0) is 30.7 Å². The molecule has 1 saturated heterocycles. The molecule has 0 spiro atoms. The number of carbonyl (C=O) groups excluding carboxylic acids is 3. The lowest BCUT2D eigenvalue weighted by molar-refractivity contribution is -0.136. The van der Waals surface area contributed by atoms with E-state index in [4.69, 9.17) is 0 Å². The van der Waals surface area contributed by atoms with E-state index in [1.165, 1.54) is 29.2 Å². The summed E-state index contributed by atoms with van der Waals surface area (Å²) in [7, 11) is 1.54. The van der Waals surface area contributed by atoms with Crippen molar-refractivity contribution in [3.8, 4) is 0 Å². The van der Waals surface area contributed by atoms with Gasteiger partial charge in [-0.3, -0.25) is 9.59 Å². The fourth-order valence-electron chi connectivity index (χ4n) is 2.74. The molecule has 24 heavy (non-hydrogen) atoms. The van der Waals surface area contributed by atoms with Crippen molar-refractivity contribution in [2.75, 3.05) is 33.2 Å². The minimum absolute atomic E-state index is 0.156. The van der Waals surface area contributed by atoms with E-state index in [9.17, 15) is 18.8 Å². The van der Waals surface area contributed by atoms with Gasteiger partial charge in [0.15, 0.2) is 0 Å². The Morgan fingerprint density at radius 1 is 1.29 bits per heavy atom. The third-order valence-electron chi connectivity index (χ3n) is 4.15. The molecule has 1 N–H and O–H groups in total. The van der Waals surface area contributed by atoms with Crippen molar-refractivity contribution < 1.29 is 18.8 Å². The molecule has 1 aromatic rings. The summed E-state index contributed by atoms with van der Waals surface area (Å²) in [5.41, 5.74) is 0.308. The van der Waals surface area contributed by atoms with Crippen molar-refractivity contribution in [3.63, 3.8) is 0 Å². The molecule has 7 heteroatoms. The predicted molar refractivity (Wildman–Crippen MR) is 87.0 cm³/mol. The fraction of sp³-hybridized carbons (Fsp3) is 0.471. The summed E-state index contributed by atoms with van der Waals surface area (Å²) < 4.78 is 13.0. The maximum Gasteiger partial charge on any atom is 0.254 e. The molecule has 0 aliphatic carbocycles. The number of halogens is 1. The first-order chi connectivity index (χ1) is 11.5. The molecule has 0 bridgehead atoms. The Morgan fingerprint density at radius 2 is 1.92 bits per heavy atom. The zero-order valence-electron chi connectivity index (χ0n) is 13.7. The van der Waals surface area contributed by atoms with Crippen LogP contribution >= 0.6 is 0 Å². The second kappa shape index (κ2) is 8.54. The van der Waals surface area contributed by atoms with Gasteiger partial charge in [0.2, 0.25) is 5.91 Å². The van der Waals surface area contributed by atoms with E-state index in [1.807, 2.05) is 0 Å². The van der Waals surface area contributed by atoms with Crippen LogP contribution in [0.4, 0.5) is 4.39 Å². The smallest absolute Gasteiger partial charge is 0.254 e. The average Bonchev–Trinajstić information content (AvgIpc) is 2.62. The van der Waals surface area contributed by atoms with Gasteiger partial charge in [0.25, 0.3) is 5.91 Å². The van der Waals surface area contributed by atoms with Gasteiger partial charge in [-0.25, -0.2) is 4.39 Å². The molecule has 0 radical (unpaired) electrons. The number of piperazine rings is 1. The van der Waals surface area contributed by atoms with Crippen LogP contribution in [0.25, 0.3) is 0 Å². The highest BCUT2D eigenvalue weighted by molar-refractivity contribution is 5.97. The van der Waals surface area contributed by atoms with Gasteiger partial charge >= 0.3 is 0 Å². The lowest BCUT2D eigenvalue weighted by Gasteiger charge is -2.34. The van der Waals surface area contributed by atoms with Crippen molar-refractivity contribution in [2.24, 2.45) is 0 Å². The number of hydrogen-bond acceptors (Lipinski definition) is 4. The monoisotopic (exact) mass is 335 g/mol. The van der Waals surface area contributed by atoms with E-state index in [0.29, 0.717) is 31.7 Å². The van der Waals surface area contributed by atoms with Crippen LogP contribution in [0.1, 0.15) is 23.2 Å². The van der Waals surface area contributed by atoms with Gasteiger partial charge in [0, 0.05) is 45.2 Å². The normalized spacial score (nSPS) is 15.7. The highest BCUT2D eigenvalue weighted by atomic mass is 19.1. The van der Waals surface area contributed by atoms with Crippen LogP contribution in [-0.4, -0.2) is 67.2 Å². The molecule has 0 aromatic heterocycles. The van der Waals surface area contributed by atoms with E-state index in [2.05, 4.69) is 5.32 Å². The maximum atomic E-state index is 13.0. The number of nitrogens with one attached hydrogen (secondary N) is 1. The average molecular weight is 335 g/mol. The summed E-state index contributed by atoms with van der Waals surface area (Å²) in [6, 6.07) is 4.49. The Bertz CT molecular complexity index is 585. The van der Waals surface area contributed by atoms with Gasteiger partial charge in [-0.2, -0.15) is 0 Å². The largest absolute Gasteiger partial charge is 0.338 e. The topological polar surface area (TPSA) is 69.7 Å². The number of nitrogens with zero attached hydrogens (tertiary/aromatic N) is 2. The van der Waals surface area contributed by atoms with Gasteiger partial charge in [-0.15, -0.1) is 0 Å². The minimum Gasteiger partial charge on any atom is -0.338 e. The molecule has 6 nitrogen and oxygen atoms in total. The summed E-state index contributed by atoms with van der Waals surface area (Å²) in [6.07, 6.45) is 1.22. The number of rotatable bonds is 6. The maximum absolute atomic E-state index is 13.0. The Balaban J connectivity index is 2.15. The second-order valence-corrected chi connectivity index (χ2v) is 5.76. The summed E-state index contributed by atoms with van der Waals surface area (Å²) in [6.45, 7) is 2.58. The first-order valence-corrected chi connectivity index (χ1v) is 8.00. The molecule has 1 aliphatic rings. The molecule has 130 valence electrons. The van der Waals surface area contributed by atoms with E-state index in [-0.39, 0.29) is 24.7 Å². The third-order valence-corrected chi connectivity index (χ3v) is 4.15. The lowest BCUT2D eigenvalue weighted by atomic mass is 10.1. The summed E-state index contributed by atoms with van der Waals surface area (Å²) in [4.78, 5) is 39.1. The predicted octanol–water partition coefficient (Wildman–Crippen LogP) is 0.677. The number of carbonyl (C=O) groups is 3. The molecule has 2 rings (SSSR count). The molecule has 1 atom stereocenters. The fourth-order valence-corrected chi connectivity index (χ4v) is 2.74. The quantitative estimate of drug-likeness (QED) is 0.776. The van der Waals surface area contributed by atoms with Crippen LogP contribution in [0.3, 0.4) is 0 Å². The Kier molecular flexibility index (Phi) is 6.43. The summed E-state index contributed by atoms with van der Waals surface area (Å²) in [5, 5.41) is 3.17. The number of likely N-dealkylation sites (N-methyl/N-ethyl adjacent to an activating group) is 1. The third kappa shape index (κ3) is 4.38. The van der Waals surface area contributed by atoms with Crippen molar-refractivity contribution >= 4 is 18.1 Å². The number of aldehydes is 1. The lowest BCUT2D eigenvalue weighted by Crippen LogP contribution is -2.54. The SMILES string of the molecule is CN(C(=O)c1ccc(F)cc1)[C@@H](CCC=O)C(=O)N1CCNCC1. The molecule has 1 aliphatic heterocycles. The number of amides is 2. The Labute approximate surface area is 140 Å². The Morgan fingerprint density at radius 3 is 2.50 bits per heavy atom. The molecule has 1 aromatic carbocycles. The minimum atomic E-state index is -0.703. The molecular weight excluding hydrogens is 313 g/mol.